The standard InChI is InChI=1S/C13H18INO/c1-15-13(10-6-8-16-9-7-10)11-4-2-3-5-12(11)14/h2-5,10,13,15H,6-9H2,1H3. The van der Waals surface area contributed by atoms with Crippen LogP contribution in [0.4, 0.5) is 0 Å². The molecule has 1 aromatic carbocycles. The quantitative estimate of drug-likeness (QED) is 0.860. The fourth-order valence-electron chi connectivity index (χ4n) is 2.42. The van der Waals surface area contributed by atoms with Gasteiger partial charge in [-0.3, -0.25) is 0 Å². The van der Waals surface area contributed by atoms with Crippen LogP contribution in [0, 0.1) is 9.49 Å². The molecule has 88 valence electrons. The Morgan fingerprint density at radius 2 is 2.00 bits per heavy atom. The Morgan fingerprint density at radius 1 is 1.31 bits per heavy atom. The molecule has 0 amide bonds. The van der Waals surface area contributed by atoms with Crippen LogP contribution in [0.1, 0.15) is 24.4 Å². The van der Waals surface area contributed by atoms with Crippen LogP contribution in [0.5, 0.6) is 0 Å². The van der Waals surface area contributed by atoms with E-state index in [1.807, 2.05) is 0 Å². The predicted octanol–water partition coefficient (Wildman–Crippen LogP) is 2.98. The van der Waals surface area contributed by atoms with Crippen molar-refractivity contribution < 1.29 is 4.74 Å². The van der Waals surface area contributed by atoms with Crippen molar-refractivity contribution in [1.29, 1.82) is 0 Å². The van der Waals surface area contributed by atoms with Gasteiger partial charge in [-0.15, -0.1) is 0 Å². The summed E-state index contributed by atoms with van der Waals surface area (Å²) in [5.74, 6) is 0.703. The highest BCUT2D eigenvalue weighted by atomic mass is 127. The Hall–Kier alpha value is -0.130. The molecule has 16 heavy (non-hydrogen) atoms. The second kappa shape index (κ2) is 5.98. The van der Waals surface area contributed by atoms with Crippen LogP contribution in [0.25, 0.3) is 0 Å². The molecule has 1 unspecified atom stereocenters. The first-order valence-corrected chi connectivity index (χ1v) is 6.90. The van der Waals surface area contributed by atoms with Crippen molar-refractivity contribution in [1.82, 2.24) is 5.32 Å². The molecule has 1 saturated heterocycles. The fourth-order valence-corrected chi connectivity index (χ4v) is 3.14. The third kappa shape index (κ3) is 2.76. The molecule has 1 N–H and O–H groups in total. The Kier molecular flexibility index (Phi) is 4.61. The summed E-state index contributed by atoms with van der Waals surface area (Å²) in [6, 6.07) is 9.11. The topological polar surface area (TPSA) is 21.3 Å². The molecule has 0 aliphatic carbocycles. The average Bonchev–Trinajstić information content (AvgIpc) is 2.34. The van der Waals surface area contributed by atoms with E-state index in [2.05, 4.69) is 59.2 Å². The van der Waals surface area contributed by atoms with E-state index >= 15 is 0 Å². The molecule has 0 saturated carbocycles. The second-order valence-electron chi connectivity index (χ2n) is 4.24. The normalized spacial score (nSPS) is 19.6. The smallest absolute Gasteiger partial charge is 0.0469 e. The largest absolute Gasteiger partial charge is 0.381 e. The number of hydrogen-bond acceptors (Lipinski definition) is 2. The van der Waals surface area contributed by atoms with Gasteiger partial charge in [-0.25, -0.2) is 0 Å². The molecule has 1 fully saturated rings. The first kappa shape index (κ1) is 12.3. The van der Waals surface area contributed by atoms with Gasteiger partial charge in [0.05, 0.1) is 0 Å². The van der Waals surface area contributed by atoms with E-state index in [1.54, 1.807) is 0 Å². The lowest BCUT2D eigenvalue weighted by Gasteiger charge is -2.31. The summed E-state index contributed by atoms with van der Waals surface area (Å²) in [6.07, 6.45) is 2.33. The van der Waals surface area contributed by atoms with Crippen molar-refractivity contribution in [3.63, 3.8) is 0 Å². The molecule has 1 aliphatic heterocycles. The minimum atomic E-state index is 0.469. The van der Waals surface area contributed by atoms with Crippen molar-refractivity contribution in [2.75, 3.05) is 20.3 Å². The number of rotatable bonds is 3. The molecule has 1 atom stereocenters. The Balaban J connectivity index is 2.18. The first-order valence-electron chi connectivity index (χ1n) is 5.82. The van der Waals surface area contributed by atoms with E-state index < -0.39 is 0 Å². The van der Waals surface area contributed by atoms with Gasteiger partial charge in [0.1, 0.15) is 0 Å². The minimum absolute atomic E-state index is 0.469. The van der Waals surface area contributed by atoms with E-state index in [0.717, 1.165) is 26.1 Å². The molecule has 2 rings (SSSR count). The summed E-state index contributed by atoms with van der Waals surface area (Å²) in [4.78, 5) is 0. The number of nitrogens with one attached hydrogen (secondary N) is 1. The highest BCUT2D eigenvalue weighted by molar-refractivity contribution is 14.1. The van der Waals surface area contributed by atoms with Crippen LogP contribution < -0.4 is 5.32 Å². The molecular formula is C13H18INO. The molecule has 0 bridgehead atoms. The lowest BCUT2D eigenvalue weighted by Crippen LogP contribution is -2.30. The van der Waals surface area contributed by atoms with Gasteiger partial charge in [-0.2, -0.15) is 0 Å². The van der Waals surface area contributed by atoms with Crippen LogP contribution in [-0.4, -0.2) is 20.3 Å². The van der Waals surface area contributed by atoms with Crippen LogP contribution in [0.2, 0.25) is 0 Å². The number of ether oxygens (including phenoxy) is 1. The van der Waals surface area contributed by atoms with Gasteiger partial charge in [0.25, 0.3) is 0 Å². The summed E-state index contributed by atoms with van der Waals surface area (Å²) >= 11 is 2.42. The van der Waals surface area contributed by atoms with E-state index in [1.165, 1.54) is 9.13 Å². The van der Waals surface area contributed by atoms with Crippen LogP contribution in [0.3, 0.4) is 0 Å². The molecule has 0 spiro atoms. The van der Waals surface area contributed by atoms with Gasteiger partial charge in [0.2, 0.25) is 0 Å². The Bertz CT molecular complexity index is 336. The number of benzene rings is 1. The summed E-state index contributed by atoms with van der Waals surface area (Å²) in [6.45, 7) is 1.82. The molecule has 0 radical (unpaired) electrons. The zero-order chi connectivity index (χ0) is 11.4. The van der Waals surface area contributed by atoms with Gasteiger partial charge in [0.15, 0.2) is 0 Å². The van der Waals surface area contributed by atoms with Crippen molar-refractivity contribution in [3.8, 4) is 0 Å². The average molecular weight is 331 g/mol. The maximum Gasteiger partial charge on any atom is 0.0469 e. The van der Waals surface area contributed by atoms with Gasteiger partial charge in [-0.1, -0.05) is 18.2 Å². The monoisotopic (exact) mass is 331 g/mol. The summed E-state index contributed by atoms with van der Waals surface area (Å²) in [7, 11) is 2.06. The zero-order valence-corrected chi connectivity index (χ0v) is 11.7. The third-order valence-corrected chi connectivity index (χ3v) is 4.27. The Morgan fingerprint density at radius 3 is 2.62 bits per heavy atom. The van der Waals surface area contributed by atoms with E-state index in [0.29, 0.717) is 12.0 Å². The number of halogens is 1. The van der Waals surface area contributed by atoms with Gasteiger partial charge < -0.3 is 10.1 Å². The van der Waals surface area contributed by atoms with Crippen molar-refractivity contribution in [2.45, 2.75) is 18.9 Å². The fraction of sp³-hybridized carbons (Fsp3) is 0.538. The molecule has 2 nitrogen and oxygen atoms in total. The molecular weight excluding hydrogens is 313 g/mol. The summed E-state index contributed by atoms with van der Waals surface area (Å²) in [5, 5.41) is 3.47. The third-order valence-electron chi connectivity index (χ3n) is 3.29. The maximum absolute atomic E-state index is 5.43. The molecule has 1 aromatic rings. The van der Waals surface area contributed by atoms with Crippen LogP contribution in [0.15, 0.2) is 24.3 Å². The van der Waals surface area contributed by atoms with Crippen molar-refractivity contribution in [2.24, 2.45) is 5.92 Å². The summed E-state index contributed by atoms with van der Waals surface area (Å²) < 4.78 is 6.78. The SMILES string of the molecule is CNC(c1ccccc1I)C1CCOCC1. The van der Waals surface area contributed by atoms with E-state index in [-0.39, 0.29) is 0 Å². The zero-order valence-electron chi connectivity index (χ0n) is 9.58. The number of hydrogen-bond donors (Lipinski definition) is 1. The van der Waals surface area contributed by atoms with Crippen LogP contribution >= 0.6 is 22.6 Å². The molecule has 0 aromatic heterocycles. The molecule has 1 heterocycles. The van der Waals surface area contributed by atoms with Crippen molar-refractivity contribution in [3.05, 3.63) is 33.4 Å². The Labute approximate surface area is 111 Å². The predicted molar refractivity (Wildman–Crippen MR) is 74.5 cm³/mol. The van der Waals surface area contributed by atoms with Gasteiger partial charge in [-0.05, 0) is 60.0 Å². The highest BCUT2D eigenvalue weighted by Gasteiger charge is 2.25. The van der Waals surface area contributed by atoms with Gasteiger partial charge >= 0.3 is 0 Å². The molecule has 3 heteroatoms. The second-order valence-corrected chi connectivity index (χ2v) is 5.40. The molecule has 1 aliphatic rings. The summed E-state index contributed by atoms with van der Waals surface area (Å²) in [5.41, 5.74) is 1.43. The van der Waals surface area contributed by atoms with Gasteiger partial charge in [0, 0.05) is 22.8 Å². The minimum Gasteiger partial charge on any atom is -0.381 e. The van der Waals surface area contributed by atoms with Crippen molar-refractivity contribution >= 4 is 22.6 Å². The lowest BCUT2D eigenvalue weighted by atomic mass is 9.87. The highest BCUT2D eigenvalue weighted by Crippen LogP contribution is 2.31. The van der Waals surface area contributed by atoms with Crippen LogP contribution in [-0.2, 0) is 4.74 Å². The van der Waals surface area contributed by atoms with E-state index in [9.17, 15) is 0 Å². The van der Waals surface area contributed by atoms with E-state index in [4.69, 9.17) is 4.74 Å². The first-order chi connectivity index (χ1) is 7.83. The maximum atomic E-state index is 5.43. The lowest BCUT2D eigenvalue weighted by molar-refractivity contribution is 0.0545.